The molecule has 1 saturated heterocycles. The molecule has 1 amide bonds. The molecule has 0 bridgehead atoms. The van der Waals surface area contributed by atoms with Crippen LogP contribution < -0.4 is 11.1 Å². The molecule has 1 aliphatic rings. The Balaban J connectivity index is 2.48. The zero-order chi connectivity index (χ0) is 14.2. The summed E-state index contributed by atoms with van der Waals surface area (Å²) in [6.45, 7) is -0.417. The van der Waals surface area contributed by atoms with E-state index in [0.717, 1.165) is 16.4 Å². The topological polar surface area (TPSA) is 92.5 Å². The molecular formula is C10H11F2N3O3S. The molecule has 9 heteroatoms. The monoisotopic (exact) mass is 291 g/mol. The highest BCUT2D eigenvalue weighted by Gasteiger charge is 2.33. The number of benzene rings is 1. The molecule has 0 radical (unpaired) electrons. The Morgan fingerprint density at radius 1 is 1.26 bits per heavy atom. The second kappa shape index (κ2) is 4.74. The third kappa shape index (κ3) is 2.51. The van der Waals surface area contributed by atoms with Crippen LogP contribution in [0, 0.1) is 11.6 Å². The van der Waals surface area contributed by atoms with Crippen molar-refractivity contribution in [2.75, 3.05) is 25.4 Å². The van der Waals surface area contributed by atoms with E-state index in [-0.39, 0.29) is 18.8 Å². The first-order valence-electron chi connectivity index (χ1n) is 5.34. The van der Waals surface area contributed by atoms with E-state index in [1.54, 1.807) is 0 Å². The Hall–Kier alpha value is -1.74. The lowest BCUT2D eigenvalue weighted by Gasteiger charge is -2.26. The van der Waals surface area contributed by atoms with Gasteiger partial charge in [-0.1, -0.05) is 0 Å². The van der Waals surface area contributed by atoms with Crippen LogP contribution in [0.1, 0.15) is 0 Å². The van der Waals surface area contributed by atoms with Crippen LogP contribution in [0.3, 0.4) is 0 Å². The summed E-state index contributed by atoms with van der Waals surface area (Å²) >= 11 is 0. The molecule has 19 heavy (non-hydrogen) atoms. The largest absolute Gasteiger partial charge is 0.399 e. The lowest BCUT2D eigenvalue weighted by atomic mass is 10.3. The van der Waals surface area contributed by atoms with Crippen LogP contribution in [0.15, 0.2) is 17.0 Å². The van der Waals surface area contributed by atoms with Crippen molar-refractivity contribution in [3.8, 4) is 0 Å². The van der Waals surface area contributed by atoms with E-state index in [2.05, 4.69) is 5.32 Å². The van der Waals surface area contributed by atoms with Gasteiger partial charge in [-0.25, -0.2) is 17.2 Å². The Kier molecular flexibility index (Phi) is 3.42. The number of hydrogen-bond acceptors (Lipinski definition) is 4. The smallest absolute Gasteiger partial charge is 0.249 e. The standard InChI is InChI=1S/C10H11F2N3O3S/c11-7-3-6(13)4-8(12)10(7)19(17,18)15-2-1-14-9(16)5-15/h3-4H,1-2,5,13H2,(H,14,16). The first-order valence-corrected chi connectivity index (χ1v) is 6.78. The van der Waals surface area contributed by atoms with E-state index in [9.17, 15) is 22.0 Å². The number of amides is 1. The molecule has 1 fully saturated rings. The Bertz CT molecular complexity index is 610. The molecule has 6 nitrogen and oxygen atoms in total. The molecule has 0 aromatic heterocycles. The summed E-state index contributed by atoms with van der Waals surface area (Å²) in [6.07, 6.45) is 0. The van der Waals surface area contributed by atoms with Crippen molar-refractivity contribution in [3.05, 3.63) is 23.8 Å². The SMILES string of the molecule is Nc1cc(F)c(S(=O)(=O)N2CCNC(=O)C2)c(F)c1. The number of carbonyl (C=O) groups excluding carboxylic acids is 1. The summed E-state index contributed by atoms with van der Waals surface area (Å²) in [7, 11) is -4.41. The molecule has 0 atom stereocenters. The summed E-state index contributed by atoms with van der Waals surface area (Å²) in [4.78, 5) is 10.1. The lowest BCUT2D eigenvalue weighted by molar-refractivity contribution is -0.122. The van der Waals surface area contributed by atoms with E-state index in [1.807, 2.05) is 0 Å². The number of piperazine rings is 1. The van der Waals surface area contributed by atoms with Crippen LogP contribution in [-0.2, 0) is 14.8 Å². The normalized spacial score (nSPS) is 17.3. The Morgan fingerprint density at radius 2 is 1.84 bits per heavy atom. The van der Waals surface area contributed by atoms with Gasteiger partial charge < -0.3 is 11.1 Å². The number of nitrogen functional groups attached to an aromatic ring is 1. The van der Waals surface area contributed by atoms with Gasteiger partial charge >= 0.3 is 0 Å². The number of sulfonamides is 1. The molecule has 1 heterocycles. The number of nitrogens with two attached hydrogens (primary N) is 1. The molecule has 104 valence electrons. The van der Waals surface area contributed by atoms with E-state index in [1.165, 1.54) is 0 Å². The third-order valence-corrected chi connectivity index (χ3v) is 4.52. The summed E-state index contributed by atoms with van der Waals surface area (Å²) < 4.78 is 52.2. The molecule has 3 N–H and O–H groups in total. The van der Waals surface area contributed by atoms with Crippen molar-refractivity contribution >= 4 is 21.6 Å². The number of nitrogens with one attached hydrogen (secondary N) is 1. The first-order chi connectivity index (χ1) is 8.82. The lowest BCUT2D eigenvalue weighted by Crippen LogP contribution is -2.50. The van der Waals surface area contributed by atoms with E-state index in [0.29, 0.717) is 0 Å². The molecule has 0 aliphatic carbocycles. The van der Waals surface area contributed by atoms with Crippen molar-refractivity contribution in [2.24, 2.45) is 0 Å². The average Bonchev–Trinajstić information content (AvgIpc) is 2.26. The van der Waals surface area contributed by atoms with Crippen molar-refractivity contribution in [3.63, 3.8) is 0 Å². The molecule has 0 saturated carbocycles. The molecule has 0 unspecified atom stereocenters. The van der Waals surface area contributed by atoms with E-state index < -0.39 is 39.0 Å². The minimum absolute atomic E-state index is 0.0443. The highest BCUT2D eigenvalue weighted by Crippen LogP contribution is 2.25. The number of carbonyl (C=O) groups is 1. The van der Waals surface area contributed by atoms with Crippen LogP contribution in [0.5, 0.6) is 0 Å². The second-order valence-corrected chi connectivity index (χ2v) is 5.88. The number of hydrogen-bond donors (Lipinski definition) is 2. The number of rotatable bonds is 2. The Morgan fingerprint density at radius 3 is 2.37 bits per heavy atom. The van der Waals surface area contributed by atoms with Crippen LogP contribution in [0.4, 0.5) is 14.5 Å². The van der Waals surface area contributed by atoms with Crippen molar-refractivity contribution in [1.29, 1.82) is 0 Å². The average molecular weight is 291 g/mol. The van der Waals surface area contributed by atoms with E-state index in [4.69, 9.17) is 5.73 Å². The van der Waals surface area contributed by atoms with Gasteiger partial charge in [0.05, 0.1) is 6.54 Å². The predicted octanol–water partition coefficient (Wildman–Crippen LogP) is -0.333. The number of anilines is 1. The van der Waals surface area contributed by atoms with Crippen LogP contribution >= 0.6 is 0 Å². The van der Waals surface area contributed by atoms with Gasteiger partial charge in [0.25, 0.3) is 0 Å². The maximum absolute atomic E-state index is 13.6. The van der Waals surface area contributed by atoms with Crippen LogP contribution in [0.2, 0.25) is 0 Å². The quantitative estimate of drug-likeness (QED) is 0.730. The third-order valence-electron chi connectivity index (χ3n) is 2.62. The molecule has 1 aromatic rings. The minimum atomic E-state index is -4.41. The number of halogens is 2. The van der Waals surface area contributed by atoms with Gasteiger partial charge in [-0.3, -0.25) is 4.79 Å². The van der Waals surface area contributed by atoms with Gasteiger partial charge in [0.2, 0.25) is 15.9 Å². The molecule has 2 rings (SSSR count). The maximum Gasteiger partial charge on any atom is 0.249 e. The fraction of sp³-hybridized carbons (Fsp3) is 0.300. The molecule has 1 aromatic carbocycles. The summed E-state index contributed by atoms with van der Waals surface area (Å²) in [5.41, 5.74) is 5.00. The summed E-state index contributed by atoms with van der Waals surface area (Å²) in [6, 6.07) is 1.44. The van der Waals surface area contributed by atoms with Gasteiger partial charge in [0.1, 0.15) is 11.6 Å². The molecular weight excluding hydrogens is 280 g/mol. The zero-order valence-electron chi connectivity index (χ0n) is 9.69. The van der Waals surface area contributed by atoms with Gasteiger partial charge in [-0.15, -0.1) is 0 Å². The fourth-order valence-electron chi connectivity index (χ4n) is 1.78. The molecule has 0 spiro atoms. The van der Waals surface area contributed by atoms with E-state index >= 15 is 0 Å². The second-order valence-electron chi connectivity index (χ2n) is 4.00. The van der Waals surface area contributed by atoms with Crippen molar-refractivity contribution in [2.45, 2.75) is 4.90 Å². The van der Waals surface area contributed by atoms with Crippen molar-refractivity contribution < 1.29 is 22.0 Å². The minimum Gasteiger partial charge on any atom is -0.399 e. The van der Waals surface area contributed by atoms with Gasteiger partial charge in [-0.2, -0.15) is 4.31 Å². The van der Waals surface area contributed by atoms with Crippen molar-refractivity contribution in [1.82, 2.24) is 9.62 Å². The first kappa shape index (κ1) is 13.7. The molecule has 1 aliphatic heterocycles. The maximum atomic E-state index is 13.6. The highest BCUT2D eigenvalue weighted by atomic mass is 32.2. The van der Waals surface area contributed by atoms with Gasteiger partial charge in [0.15, 0.2) is 4.90 Å². The van der Waals surface area contributed by atoms with Gasteiger partial charge in [-0.05, 0) is 12.1 Å². The van der Waals surface area contributed by atoms with Gasteiger partial charge in [0, 0.05) is 18.8 Å². The highest BCUT2D eigenvalue weighted by molar-refractivity contribution is 7.89. The summed E-state index contributed by atoms with van der Waals surface area (Å²) in [5.74, 6) is -3.07. The fourth-order valence-corrected chi connectivity index (χ4v) is 3.26. The number of nitrogens with zero attached hydrogens (tertiary/aromatic N) is 1. The summed E-state index contributed by atoms with van der Waals surface area (Å²) in [5, 5.41) is 2.42. The predicted molar refractivity (Wildman–Crippen MR) is 62.5 cm³/mol. The zero-order valence-corrected chi connectivity index (χ0v) is 10.5. The Labute approximate surface area is 108 Å². The van der Waals surface area contributed by atoms with Crippen LogP contribution in [0.25, 0.3) is 0 Å². The van der Waals surface area contributed by atoms with Crippen LogP contribution in [-0.4, -0.2) is 38.3 Å².